The third-order valence-corrected chi connectivity index (χ3v) is 6.05. The van der Waals surface area contributed by atoms with Crippen molar-refractivity contribution in [1.29, 1.82) is 0 Å². The first kappa shape index (κ1) is 37.2. The van der Waals surface area contributed by atoms with Crippen molar-refractivity contribution in [2.24, 2.45) is 0 Å². The van der Waals surface area contributed by atoms with Crippen molar-refractivity contribution in [3.8, 4) is 11.5 Å². The van der Waals surface area contributed by atoms with E-state index in [1.807, 2.05) is 36.4 Å². The van der Waals surface area contributed by atoms with Gasteiger partial charge in [-0.15, -0.1) is 0 Å². The van der Waals surface area contributed by atoms with E-state index in [-0.39, 0.29) is 37.6 Å². The van der Waals surface area contributed by atoms with Crippen molar-refractivity contribution >= 4 is 24.1 Å². The van der Waals surface area contributed by atoms with Gasteiger partial charge in [-0.3, -0.25) is 0 Å². The van der Waals surface area contributed by atoms with Crippen LogP contribution >= 0.6 is 0 Å². The van der Waals surface area contributed by atoms with E-state index in [2.05, 4.69) is 23.8 Å². The molecule has 46 heavy (non-hydrogen) atoms. The van der Waals surface area contributed by atoms with Crippen LogP contribution in [-0.4, -0.2) is 75.9 Å². The third-order valence-electron chi connectivity index (χ3n) is 6.05. The lowest BCUT2D eigenvalue weighted by atomic mass is 10.2. The maximum atomic E-state index is 12.3. The molecule has 2 aromatic carbocycles. The minimum atomic E-state index is -0.822. The van der Waals surface area contributed by atoms with Gasteiger partial charge in [-0.25, -0.2) is 19.2 Å². The molecule has 0 aliphatic carbocycles. The minimum Gasteiger partial charge on any atom is -0.490 e. The molecule has 0 fully saturated rings. The fourth-order valence-electron chi connectivity index (χ4n) is 3.60. The molecule has 2 amide bonds. The second kappa shape index (κ2) is 21.7. The Morgan fingerprint density at radius 2 is 0.957 bits per heavy atom. The Morgan fingerprint density at radius 1 is 0.587 bits per heavy atom. The number of carbonyl (C=O) groups excluding carboxylic acids is 4. The van der Waals surface area contributed by atoms with Crippen molar-refractivity contribution in [1.82, 2.24) is 10.6 Å². The summed E-state index contributed by atoms with van der Waals surface area (Å²) in [7, 11) is 0. The number of amides is 2. The number of para-hydroxylation sites is 2. The average Bonchev–Trinajstić information content (AvgIpc) is 3.05. The molecule has 0 saturated carbocycles. The molecule has 0 aromatic heterocycles. The van der Waals surface area contributed by atoms with E-state index in [1.54, 1.807) is 24.3 Å². The number of rotatable bonds is 21. The molecule has 0 heterocycles. The van der Waals surface area contributed by atoms with E-state index in [0.717, 1.165) is 12.8 Å². The number of hydrogen-bond donors (Lipinski definition) is 2. The number of unbranched alkanes of at least 4 members (excludes halogenated alkanes) is 3. The Morgan fingerprint density at radius 3 is 1.30 bits per heavy atom. The molecule has 2 N–H and O–H groups in total. The van der Waals surface area contributed by atoms with Crippen molar-refractivity contribution in [2.45, 2.75) is 51.7 Å². The summed E-state index contributed by atoms with van der Waals surface area (Å²) in [6.45, 7) is 10.5. The summed E-state index contributed by atoms with van der Waals surface area (Å²) in [6.07, 6.45) is -0.00974. The Bertz CT molecular complexity index is 1160. The Kier molecular flexibility index (Phi) is 17.5. The highest BCUT2D eigenvalue weighted by atomic mass is 16.6. The van der Waals surface area contributed by atoms with Gasteiger partial charge in [0.2, 0.25) is 0 Å². The Hall–Kier alpha value is -5.00. The molecule has 0 spiro atoms. The fourth-order valence-corrected chi connectivity index (χ4v) is 3.60. The van der Waals surface area contributed by atoms with Crippen LogP contribution in [0.1, 0.15) is 39.5 Å². The zero-order chi connectivity index (χ0) is 33.6. The number of benzene rings is 2. The van der Waals surface area contributed by atoms with Crippen LogP contribution in [0.3, 0.4) is 0 Å². The van der Waals surface area contributed by atoms with Gasteiger partial charge in [0, 0.05) is 24.2 Å². The van der Waals surface area contributed by atoms with Gasteiger partial charge < -0.3 is 39.1 Å². The number of alkyl carbamates (subject to hydrolysis) is 2. The first-order valence-electron chi connectivity index (χ1n) is 15.0. The van der Waals surface area contributed by atoms with Crippen LogP contribution in [-0.2, 0) is 28.5 Å². The molecule has 2 aromatic rings. The summed E-state index contributed by atoms with van der Waals surface area (Å²) >= 11 is 0. The van der Waals surface area contributed by atoms with Crippen LogP contribution < -0.4 is 20.1 Å². The molecule has 2 atom stereocenters. The monoisotopic (exact) mass is 640 g/mol. The number of ether oxygens (including phenoxy) is 6. The molecule has 12 heteroatoms. The summed E-state index contributed by atoms with van der Waals surface area (Å²) in [4.78, 5) is 48.2. The summed E-state index contributed by atoms with van der Waals surface area (Å²) < 4.78 is 32.4. The van der Waals surface area contributed by atoms with E-state index >= 15 is 0 Å². The summed E-state index contributed by atoms with van der Waals surface area (Å²) in [5.41, 5.74) is 0.469. The molecule has 2 rings (SSSR count). The number of esters is 2. The van der Waals surface area contributed by atoms with Gasteiger partial charge in [-0.05, 0) is 51.0 Å². The lowest BCUT2D eigenvalue weighted by molar-refractivity contribution is -0.143. The van der Waals surface area contributed by atoms with E-state index in [4.69, 9.17) is 28.4 Å². The normalized spacial score (nSPS) is 11.6. The fraction of sp³-hybridized carbons (Fsp3) is 0.412. The lowest BCUT2D eigenvalue weighted by Crippen LogP contribution is -2.36. The number of hydrogen-bond acceptors (Lipinski definition) is 10. The zero-order valence-electron chi connectivity index (χ0n) is 26.5. The molecule has 0 radical (unpaired) electrons. The maximum Gasteiger partial charge on any atom is 0.407 e. The highest BCUT2D eigenvalue weighted by molar-refractivity contribution is 5.87. The summed E-state index contributed by atoms with van der Waals surface area (Å²) in [5, 5.41) is 5.37. The molecular weight excluding hydrogens is 596 g/mol. The average molecular weight is 641 g/mol. The van der Waals surface area contributed by atoms with Gasteiger partial charge in [-0.2, -0.15) is 0 Å². The Balaban J connectivity index is 1.64. The van der Waals surface area contributed by atoms with Crippen molar-refractivity contribution in [2.75, 3.05) is 39.5 Å². The number of carbonyl (C=O) groups is 4. The predicted octanol–water partition coefficient (Wildman–Crippen LogP) is 5.13. The van der Waals surface area contributed by atoms with E-state index in [1.165, 1.54) is 13.8 Å². The lowest BCUT2D eigenvalue weighted by Gasteiger charge is -2.19. The van der Waals surface area contributed by atoms with Gasteiger partial charge in [0.25, 0.3) is 0 Å². The quantitative estimate of drug-likeness (QED) is 0.0814. The van der Waals surface area contributed by atoms with Crippen molar-refractivity contribution in [3.63, 3.8) is 0 Å². The molecule has 0 saturated heterocycles. The maximum absolute atomic E-state index is 12.3. The van der Waals surface area contributed by atoms with Crippen LogP contribution in [0.15, 0.2) is 85.0 Å². The zero-order valence-corrected chi connectivity index (χ0v) is 26.5. The van der Waals surface area contributed by atoms with Gasteiger partial charge in [-0.1, -0.05) is 62.4 Å². The first-order valence-corrected chi connectivity index (χ1v) is 15.0. The van der Waals surface area contributed by atoms with Crippen LogP contribution in [0, 0.1) is 0 Å². The molecule has 0 aliphatic rings. The standard InChI is InChI=1S/C34H44N2O10/c1-25(2)31(37)43-23-29(21-41-27-15-9-7-10-16-27)45-33(39)35-19-13-5-6-14-20-36-34(40)46-30(24-44-32(38)26(3)4)22-42-28-17-11-8-12-18-28/h7-12,15-18,29-30H,1,3,5-6,13-14,19-24H2,2,4H3,(H,35,39)(H,36,40). The van der Waals surface area contributed by atoms with E-state index in [0.29, 0.717) is 37.4 Å². The molecular formula is C34H44N2O10. The van der Waals surface area contributed by atoms with Crippen LogP contribution in [0.5, 0.6) is 11.5 Å². The van der Waals surface area contributed by atoms with E-state index < -0.39 is 36.3 Å². The van der Waals surface area contributed by atoms with Gasteiger partial charge >= 0.3 is 24.1 Å². The summed E-state index contributed by atoms with van der Waals surface area (Å²) in [6, 6.07) is 18.0. The first-order chi connectivity index (χ1) is 22.1. The van der Waals surface area contributed by atoms with Crippen LogP contribution in [0.2, 0.25) is 0 Å². The van der Waals surface area contributed by atoms with Gasteiger partial charge in [0.05, 0.1) is 0 Å². The Labute approximate surface area is 270 Å². The molecule has 12 nitrogen and oxygen atoms in total. The third kappa shape index (κ3) is 16.7. The molecule has 2 unspecified atom stereocenters. The van der Waals surface area contributed by atoms with Crippen molar-refractivity contribution in [3.05, 3.63) is 85.0 Å². The van der Waals surface area contributed by atoms with Crippen LogP contribution in [0.4, 0.5) is 9.59 Å². The van der Waals surface area contributed by atoms with Crippen LogP contribution in [0.25, 0.3) is 0 Å². The van der Waals surface area contributed by atoms with E-state index in [9.17, 15) is 19.2 Å². The minimum absolute atomic E-state index is 0.00320. The molecule has 0 bridgehead atoms. The largest absolute Gasteiger partial charge is 0.490 e. The molecule has 0 aliphatic heterocycles. The summed E-state index contributed by atoms with van der Waals surface area (Å²) in [5.74, 6) is 0.00729. The molecule has 250 valence electrons. The highest BCUT2D eigenvalue weighted by Gasteiger charge is 2.20. The highest BCUT2D eigenvalue weighted by Crippen LogP contribution is 2.11. The smallest absolute Gasteiger partial charge is 0.407 e. The van der Waals surface area contributed by atoms with Gasteiger partial charge in [0.1, 0.15) is 37.9 Å². The second-order valence-electron chi connectivity index (χ2n) is 10.3. The second-order valence-corrected chi connectivity index (χ2v) is 10.3. The predicted molar refractivity (Wildman–Crippen MR) is 170 cm³/mol. The van der Waals surface area contributed by atoms with Gasteiger partial charge in [0.15, 0.2) is 12.2 Å². The SMILES string of the molecule is C=C(C)C(=O)OCC(COc1ccccc1)OC(=O)NCCCCCCNC(=O)OC(COC(=O)C(=C)C)COc1ccccc1. The van der Waals surface area contributed by atoms with Crippen molar-refractivity contribution < 1.29 is 47.6 Å². The number of nitrogens with one attached hydrogen (secondary N) is 2. The topological polar surface area (TPSA) is 148 Å².